The van der Waals surface area contributed by atoms with Gasteiger partial charge < -0.3 is 5.32 Å². The van der Waals surface area contributed by atoms with Gasteiger partial charge in [-0.1, -0.05) is 11.6 Å². The van der Waals surface area contributed by atoms with Gasteiger partial charge in [0.15, 0.2) is 0 Å². The van der Waals surface area contributed by atoms with E-state index in [1.165, 1.54) is 23.5 Å². The molecule has 0 bridgehead atoms. The Morgan fingerprint density at radius 3 is 2.71 bits per heavy atom. The van der Waals surface area contributed by atoms with Gasteiger partial charge in [-0.3, -0.25) is 4.79 Å². The van der Waals surface area contributed by atoms with E-state index in [2.05, 4.69) is 10.4 Å². The minimum Gasteiger partial charge on any atom is -0.311 e. The molecule has 1 N–H and O–H groups in total. The summed E-state index contributed by atoms with van der Waals surface area (Å²) in [6, 6.07) is 11.5. The summed E-state index contributed by atoms with van der Waals surface area (Å²) in [5.41, 5.74) is 1.45. The molecule has 0 atom stereocenters. The van der Waals surface area contributed by atoms with Gasteiger partial charge in [-0.2, -0.15) is 5.10 Å². The zero-order valence-corrected chi connectivity index (χ0v) is 14.5. The fraction of sp³-hybridized carbons (Fsp3) is 0.176. The first-order valence-corrected chi connectivity index (χ1v) is 8.57. The molecule has 7 heteroatoms. The topological polar surface area (TPSA) is 46.9 Å². The summed E-state index contributed by atoms with van der Waals surface area (Å²) >= 11 is 7.36. The van der Waals surface area contributed by atoms with Gasteiger partial charge in [-0.25, -0.2) is 9.07 Å². The van der Waals surface area contributed by atoms with Gasteiger partial charge in [0, 0.05) is 17.4 Å². The van der Waals surface area contributed by atoms with E-state index in [-0.39, 0.29) is 11.7 Å². The number of carbonyl (C=O) groups excluding carboxylic acids is 1. The summed E-state index contributed by atoms with van der Waals surface area (Å²) in [5.74, 6) is 0.138. The molecule has 0 spiro atoms. The van der Waals surface area contributed by atoms with Crippen molar-refractivity contribution >= 4 is 34.7 Å². The van der Waals surface area contributed by atoms with Crippen molar-refractivity contribution in [1.29, 1.82) is 0 Å². The molecule has 2 heterocycles. The molecular formula is C17H15ClFN3OS. The molecule has 1 aromatic carbocycles. The molecule has 0 aliphatic rings. The number of anilines is 1. The molecule has 0 saturated carbocycles. The van der Waals surface area contributed by atoms with Gasteiger partial charge >= 0.3 is 0 Å². The van der Waals surface area contributed by atoms with Gasteiger partial charge in [-0.05, 0) is 49.7 Å². The molecule has 1 amide bonds. The third kappa shape index (κ3) is 4.01. The second kappa shape index (κ2) is 7.15. The van der Waals surface area contributed by atoms with Crippen molar-refractivity contribution in [2.45, 2.75) is 19.8 Å². The normalized spacial score (nSPS) is 10.8. The van der Waals surface area contributed by atoms with Gasteiger partial charge in [0.1, 0.15) is 11.6 Å². The van der Waals surface area contributed by atoms with Crippen molar-refractivity contribution in [2.75, 3.05) is 5.32 Å². The zero-order valence-electron chi connectivity index (χ0n) is 12.9. The quantitative estimate of drug-likeness (QED) is 0.719. The first-order chi connectivity index (χ1) is 11.5. The number of aryl methyl sites for hydroxylation is 2. The molecule has 3 rings (SSSR count). The number of nitrogens with one attached hydrogen (secondary N) is 1. The van der Waals surface area contributed by atoms with Crippen LogP contribution in [0.25, 0.3) is 5.69 Å². The lowest BCUT2D eigenvalue weighted by atomic mass is 10.2. The molecule has 0 unspecified atom stereocenters. The number of hydrogen-bond acceptors (Lipinski definition) is 3. The van der Waals surface area contributed by atoms with Gasteiger partial charge in [0.05, 0.1) is 15.7 Å². The Labute approximate surface area is 147 Å². The Balaban J connectivity index is 1.70. The number of benzene rings is 1. The molecule has 0 fully saturated rings. The highest BCUT2D eigenvalue weighted by Gasteiger charge is 2.11. The lowest BCUT2D eigenvalue weighted by Gasteiger charge is -2.08. The summed E-state index contributed by atoms with van der Waals surface area (Å²) in [6.45, 7) is 1.84. The molecule has 0 saturated heterocycles. The average Bonchev–Trinajstić information content (AvgIpc) is 3.12. The number of nitrogens with zero attached hydrogens (tertiary/aromatic N) is 2. The predicted molar refractivity (Wildman–Crippen MR) is 94.5 cm³/mol. The van der Waals surface area contributed by atoms with E-state index >= 15 is 0 Å². The standard InChI is InChI=1S/C17H15ClFN3OS/c1-11-10-16(22(21-11)13-4-2-12(19)3-5-13)20-17(23)9-7-14-6-8-15(18)24-14/h2-6,8,10H,7,9H2,1H3,(H,20,23). The number of thiophene rings is 1. The molecule has 2 aromatic heterocycles. The van der Waals surface area contributed by atoms with Gasteiger partial charge in [0.2, 0.25) is 5.91 Å². The van der Waals surface area contributed by atoms with Crippen LogP contribution in [0.1, 0.15) is 17.0 Å². The third-order valence-electron chi connectivity index (χ3n) is 3.40. The van der Waals surface area contributed by atoms with E-state index in [9.17, 15) is 9.18 Å². The molecular weight excluding hydrogens is 349 g/mol. The number of carbonyl (C=O) groups is 1. The molecule has 0 radical (unpaired) electrons. The van der Waals surface area contributed by atoms with E-state index in [1.807, 2.05) is 19.1 Å². The molecule has 4 nitrogen and oxygen atoms in total. The minimum absolute atomic E-state index is 0.109. The monoisotopic (exact) mass is 363 g/mol. The van der Waals surface area contributed by atoms with Crippen LogP contribution in [-0.2, 0) is 11.2 Å². The van der Waals surface area contributed by atoms with E-state index in [0.717, 1.165) is 14.9 Å². The van der Waals surface area contributed by atoms with E-state index < -0.39 is 0 Å². The number of rotatable bonds is 5. The minimum atomic E-state index is -0.317. The highest BCUT2D eigenvalue weighted by Crippen LogP contribution is 2.23. The fourth-order valence-electron chi connectivity index (χ4n) is 2.30. The molecule has 3 aromatic rings. The van der Waals surface area contributed by atoms with Crippen molar-refractivity contribution < 1.29 is 9.18 Å². The van der Waals surface area contributed by atoms with E-state index in [0.29, 0.717) is 24.3 Å². The van der Waals surface area contributed by atoms with Gasteiger partial charge in [-0.15, -0.1) is 11.3 Å². The second-order valence-corrected chi connectivity index (χ2v) is 7.11. The highest BCUT2D eigenvalue weighted by atomic mass is 35.5. The van der Waals surface area contributed by atoms with Crippen LogP contribution in [0.15, 0.2) is 42.5 Å². The van der Waals surface area contributed by atoms with Crippen LogP contribution >= 0.6 is 22.9 Å². The Morgan fingerprint density at radius 2 is 2.04 bits per heavy atom. The van der Waals surface area contributed by atoms with Crippen LogP contribution in [-0.4, -0.2) is 15.7 Å². The Hall–Kier alpha value is -2.18. The van der Waals surface area contributed by atoms with Gasteiger partial charge in [0.25, 0.3) is 0 Å². The Kier molecular flexibility index (Phi) is 4.97. The summed E-state index contributed by atoms with van der Waals surface area (Å²) in [5, 5.41) is 7.21. The summed E-state index contributed by atoms with van der Waals surface area (Å²) in [6.07, 6.45) is 0.984. The maximum atomic E-state index is 13.1. The summed E-state index contributed by atoms with van der Waals surface area (Å²) in [7, 11) is 0. The molecule has 24 heavy (non-hydrogen) atoms. The highest BCUT2D eigenvalue weighted by molar-refractivity contribution is 7.16. The molecule has 124 valence electrons. The largest absolute Gasteiger partial charge is 0.311 e. The van der Waals surface area contributed by atoms with Crippen LogP contribution in [0.5, 0.6) is 0 Å². The van der Waals surface area contributed by atoms with Crippen molar-refractivity contribution in [3.8, 4) is 5.69 Å². The Bertz CT molecular complexity index is 857. The maximum absolute atomic E-state index is 13.1. The number of aromatic nitrogens is 2. The van der Waals surface area contributed by atoms with E-state index in [4.69, 9.17) is 11.6 Å². The van der Waals surface area contributed by atoms with Crippen molar-refractivity contribution in [3.63, 3.8) is 0 Å². The third-order valence-corrected chi connectivity index (χ3v) is 4.69. The summed E-state index contributed by atoms with van der Waals surface area (Å²) < 4.78 is 15.4. The number of halogens is 2. The first kappa shape index (κ1) is 16.7. The average molecular weight is 364 g/mol. The maximum Gasteiger partial charge on any atom is 0.225 e. The lowest BCUT2D eigenvalue weighted by molar-refractivity contribution is -0.116. The number of amides is 1. The lowest BCUT2D eigenvalue weighted by Crippen LogP contribution is -2.15. The molecule has 0 aliphatic heterocycles. The number of hydrogen-bond donors (Lipinski definition) is 1. The predicted octanol–water partition coefficient (Wildman–Crippen LogP) is 4.61. The smallest absolute Gasteiger partial charge is 0.225 e. The second-order valence-electron chi connectivity index (χ2n) is 5.31. The fourth-order valence-corrected chi connectivity index (χ4v) is 3.38. The Morgan fingerprint density at radius 1 is 1.29 bits per heavy atom. The SMILES string of the molecule is Cc1cc(NC(=O)CCc2ccc(Cl)s2)n(-c2ccc(F)cc2)n1. The first-order valence-electron chi connectivity index (χ1n) is 7.38. The van der Waals surface area contributed by atoms with Crippen LogP contribution in [0, 0.1) is 12.7 Å². The van der Waals surface area contributed by atoms with Crippen LogP contribution < -0.4 is 5.32 Å². The van der Waals surface area contributed by atoms with E-state index in [1.54, 1.807) is 22.9 Å². The molecule has 0 aliphatic carbocycles. The summed E-state index contributed by atoms with van der Waals surface area (Å²) in [4.78, 5) is 13.3. The van der Waals surface area contributed by atoms with Crippen molar-refractivity contribution in [2.24, 2.45) is 0 Å². The van der Waals surface area contributed by atoms with Crippen LogP contribution in [0.2, 0.25) is 4.34 Å². The van der Waals surface area contributed by atoms with Crippen LogP contribution in [0.4, 0.5) is 10.2 Å². The van der Waals surface area contributed by atoms with Crippen molar-refractivity contribution in [1.82, 2.24) is 9.78 Å². The van der Waals surface area contributed by atoms with Crippen molar-refractivity contribution in [3.05, 3.63) is 63.2 Å². The zero-order chi connectivity index (χ0) is 17.1. The van der Waals surface area contributed by atoms with Crippen LogP contribution in [0.3, 0.4) is 0 Å².